The maximum atomic E-state index is 12.2. The van der Waals surface area contributed by atoms with Crippen molar-refractivity contribution in [2.24, 2.45) is 5.10 Å². The number of benzene rings is 3. The molecule has 4 aromatic rings. The highest BCUT2D eigenvalue weighted by molar-refractivity contribution is 9.10. The lowest BCUT2D eigenvalue weighted by molar-refractivity contribution is -0.118. The number of fused-ring (bicyclic) bond motifs is 1. The molecule has 1 N–H and O–H groups in total. The topological polar surface area (TPSA) is 80.7 Å². The number of aromatic nitrogens is 1. The smallest absolute Gasteiger partial charge is 0.344 e. The second-order valence-electron chi connectivity index (χ2n) is 6.47. The molecule has 0 saturated carbocycles. The minimum absolute atomic E-state index is 0.218. The third kappa shape index (κ3) is 5.82. The number of hydrogen-bond donors (Lipinski definition) is 1. The van der Waals surface area contributed by atoms with E-state index in [1.54, 1.807) is 53.8 Å². The van der Waals surface area contributed by atoms with Gasteiger partial charge in [-0.05, 0) is 70.0 Å². The number of thiazole rings is 1. The summed E-state index contributed by atoms with van der Waals surface area (Å²) in [5, 5.41) is 3.98. The van der Waals surface area contributed by atoms with E-state index in [1.165, 1.54) is 18.0 Å². The maximum absolute atomic E-state index is 12.2. The van der Waals surface area contributed by atoms with Gasteiger partial charge in [0.2, 0.25) is 0 Å². The number of para-hydroxylation sites is 1. The molecule has 3 aromatic carbocycles. The Hall–Kier alpha value is -3.01. The fourth-order valence-electron chi connectivity index (χ4n) is 2.66. The zero-order valence-electron chi connectivity index (χ0n) is 16.5. The average Bonchev–Trinajstić information content (AvgIpc) is 3.22. The van der Waals surface area contributed by atoms with Crippen molar-refractivity contribution in [1.29, 1.82) is 0 Å². The Kier molecular flexibility index (Phi) is 7.31. The van der Waals surface area contributed by atoms with Crippen molar-refractivity contribution in [3.8, 4) is 5.75 Å². The normalized spacial score (nSPS) is 11.0. The predicted molar refractivity (Wildman–Crippen MR) is 132 cm³/mol. The monoisotopic (exact) mass is 525 g/mol. The van der Waals surface area contributed by atoms with Crippen LogP contribution in [0.4, 0.5) is 0 Å². The number of halogens is 1. The van der Waals surface area contributed by atoms with Crippen molar-refractivity contribution >= 4 is 67.3 Å². The molecule has 4 rings (SSSR count). The van der Waals surface area contributed by atoms with Crippen molar-refractivity contribution in [3.63, 3.8) is 0 Å². The van der Waals surface area contributed by atoms with Crippen LogP contribution in [0.5, 0.6) is 5.75 Å². The molecule has 6 nitrogen and oxygen atoms in total. The molecule has 9 heteroatoms. The lowest BCUT2D eigenvalue weighted by atomic mass is 10.2. The largest absolute Gasteiger partial charge is 0.423 e. The van der Waals surface area contributed by atoms with Gasteiger partial charge in [-0.3, -0.25) is 4.79 Å². The van der Waals surface area contributed by atoms with E-state index in [0.717, 1.165) is 20.1 Å². The summed E-state index contributed by atoms with van der Waals surface area (Å²) < 4.78 is 8.00. The number of ether oxygens (including phenoxy) is 1. The molecule has 1 amide bonds. The molecule has 0 radical (unpaired) electrons. The molecule has 32 heavy (non-hydrogen) atoms. The molecule has 0 bridgehead atoms. The summed E-state index contributed by atoms with van der Waals surface area (Å²) in [6.07, 6.45) is 1.53. The van der Waals surface area contributed by atoms with Crippen molar-refractivity contribution in [3.05, 3.63) is 88.4 Å². The van der Waals surface area contributed by atoms with Crippen LogP contribution < -0.4 is 10.2 Å². The Bertz CT molecular complexity index is 1260. The van der Waals surface area contributed by atoms with E-state index in [2.05, 4.69) is 31.4 Å². The minimum atomic E-state index is -0.447. The van der Waals surface area contributed by atoms with Gasteiger partial charge in [-0.25, -0.2) is 15.2 Å². The van der Waals surface area contributed by atoms with Gasteiger partial charge in [-0.2, -0.15) is 5.10 Å². The van der Waals surface area contributed by atoms with E-state index in [9.17, 15) is 9.59 Å². The predicted octanol–water partition coefficient (Wildman–Crippen LogP) is 5.52. The van der Waals surface area contributed by atoms with E-state index in [-0.39, 0.29) is 11.7 Å². The van der Waals surface area contributed by atoms with Gasteiger partial charge < -0.3 is 4.74 Å². The number of carbonyl (C=O) groups is 2. The third-order valence-electron chi connectivity index (χ3n) is 4.19. The number of thioether (sulfide) groups is 1. The molecule has 0 saturated heterocycles. The van der Waals surface area contributed by atoms with E-state index >= 15 is 0 Å². The van der Waals surface area contributed by atoms with Gasteiger partial charge in [-0.1, -0.05) is 36.0 Å². The average molecular weight is 526 g/mol. The molecule has 0 unspecified atom stereocenters. The highest BCUT2D eigenvalue weighted by atomic mass is 79.9. The number of hydrazone groups is 1. The van der Waals surface area contributed by atoms with Crippen LogP contribution in [0.1, 0.15) is 15.9 Å². The first-order valence-corrected chi connectivity index (χ1v) is 12.0. The van der Waals surface area contributed by atoms with Gasteiger partial charge >= 0.3 is 5.97 Å². The van der Waals surface area contributed by atoms with Crippen molar-refractivity contribution < 1.29 is 14.3 Å². The molecule has 160 valence electrons. The summed E-state index contributed by atoms with van der Waals surface area (Å²) >= 11 is 6.27. The van der Waals surface area contributed by atoms with Gasteiger partial charge in [0.15, 0.2) is 4.34 Å². The minimum Gasteiger partial charge on any atom is -0.423 e. The lowest BCUT2D eigenvalue weighted by Crippen LogP contribution is -2.19. The van der Waals surface area contributed by atoms with Gasteiger partial charge in [0.1, 0.15) is 5.75 Å². The second-order valence-corrected chi connectivity index (χ2v) is 9.58. The van der Waals surface area contributed by atoms with Crippen LogP contribution in [-0.2, 0) is 4.79 Å². The maximum Gasteiger partial charge on any atom is 0.344 e. The SMILES string of the molecule is O=C(CSc1nc2ccccc2s1)N/N=C/c1ccc(OC(=O)c2ccccc2Br)cc1. The van der Waals surface area contributed by atoms with Gasteiger partial charge in [0, 0.05) is 4.47 Å². The zero-order valence-corrected chi connectivity index (χ0v) is 19.7. The fourth-order valence-corrected chi connectivity index (χ4v) is 4.97. The van der Waals surface area contributed by atoms with Crippen LogP contribution in [0.15, 0.2) is 86.7 Å². The summed E-state index contributed by atoms with van der Waals surface area (Å²) in [5.41, 5.74) is 4.64. The highest BCUT2D eigenvalue weighted by Gasteiger charge is 2.11. The van der Waals surface area contributed by atoms with Crippen LogP contribution in [-0.4, -0.2) is 28.8 Å². The molecular weight excluding hydrogens is 510 g/mol. The fraction of sp³-hybridized carbons (Fsp3) is 0.0435. The summed E-state index contributed by atoms with van der Waals surface area (Å²) in [6, 6.07) is 21.8. The summed E-state index contributed by atoms with van der Waals surface area (Å²) in [5.74, 6) is -0.0263. The first kappa shape index (κ1) is 22.2. The van der Waals surface area contributed by atoms with E-state index in [1.807, 2.05) is 30.3 Å². The molecule has 0 aliphatic heterocycles. The quantitative estimate of drug-likeness (QED) is 0.113. The molecular formula is C23H16BrN3O3S2. The molecule has 1 aromatic heterocycles. The molecule has 0 fully saturated rings. The number of nitrogens with zero attached hydrogens (tertiary/aromatic N) is 2. The van der Waals surface area contributed by atoms with Gasteiger partial charge in [0.25, 0.3) is 5.91 Å². The molecule has 0 atom stereocenters. The number of esters is 1. The standard InChI is InChI=1S/C23H16BrN3O3S2/c24-18-6-2-1-5-17(18)22(29)30-16-11-9-15(10-12-16)13-25-27-21(28)14-31-23-26-19-7-3-4-8-20(19)32-23/h1-13H,14H2,(H,27,28)/b25-13+. The van der Waals surface area contributed by atoms with Crippen LogP contribution >= 0.6 is 39.0 Å². The van der Waals surface area contributed by atoms with Crippen LogP contribution in [0.3, 0.4) is 0 Å². The number of nitrogens with one attached hydrogen (secondary N) is 1. The molecule has 0 spiro atoms. The zero-order chi connectivity index (χ0) is 22.3. The lowest BCUT2D eigenvalue weighted by Gasteiger charge is -2.06. The third-order valence-corrected chi connectivity index (χ3v) is 7.06. The Morgan fingerprint density at radius 1 is 1.06 bits per heavy atom. The second kappa shape index (κ2) is 10.5. The van der Waals surface area contributed by atoms with Crippen molar-refractivity contribution in [2.75, 3.05) is 5.75 Å². The summed E-state index contributed by atoms with van der Waals surface area (Å²) in [7, 11) is 0. The Labute approximate surface area is 200 Å². The van der Waals surface area contributed by atoms with Gasteiger partial charge in [-0.15, -0.1) is 11.3 Å². The Balaban J connectivity index is 1.25. The van der Waals surface area contributed by atoms with Crippen LogP contribution in [0.2, 0.25) is 0 Å². The summed E-state index contributed by atoms with van der Waals surface area (Å²) in [4.78, 5) is 28.8. The van der Waals surface area contributed by atoms with Crippen LogP contribution in [0.25, 0.3) is 10.2 Å². The van der Waals surface area contributed by atoms with Crippen LogP contribution in [0, 0.1) is 0 Å². The highest BCUT2D eigenvalue weighted by Crippen LogP contribution is 2.29. The van der Waals surface area contributed by atoms with E-state index < -0.39 is 5.97 Å². The molecule has 1 heterocycles. The molecule has 0 aliphatic carbocycles. The van der Waals surface area contributed by atoms with Crippen molar-refractivity contribution in [2.45, 2.75) is 4.34 Å². The Morgan fingerprint density at radius 2 is 1.81 bits per heavy atom. The number of amides is 1. The Morgan fingerprint density at radius 3 is 2.59 bits per heavy atom. The van der Waals surface area contributed by atoms with Gasteiger partial charge in [0.05, 0.1) is 27.7 Å². The number of rotatable bonds is 7. The summed E-state index contributed by atoms with van der Waals surface area (Å²) in [6.45, 7) is 0. The van der Waals surface area contributed by atoms with E-state index in [4.69, 9.17) is 4.74 Å². The first-order chi connectivity index (χ1) is 15.6. The molecule has 0 aliphatic rings. The number of hydrogen-bond acceptors (Lipinski definition) is 7. The number of carbonyl (C=O) groups excluding carboxylic acids is 2. The first-order valence-electron chi connectivity index (χ1n) is 9.45. The van der Waals surface area contributed by atoms with E-state index in [0.29, 0.717) is 15.8 Å². The van der Waals surface area contributed by atoms with Crippen molar-refractivity contribution in [1.82, 2.24) is 10.4 Å².